The highest BCUT2D eigenvalue weighted by molar-refractivity contribution is 6.01. The number of carbonyl (C=O) groups is 2. The number of hydrogen-bond donors (Lipinski definition) is 1. The zero-order valence-electron chi connectivity index (χ0n) is 16.2. The summed E-state index contributed by atoms with van der Waals surface area (Å²) in [6.45, 7) is 3.64. The minimum absolute atomic E-state index is 0.00336. The molecule has 0 aromatic heterocycles. The van der Waals surface area contributed by atoms with Crippen molar-refractivity contribution in [1.29, 1.82) is 5.26 Å². The lowest BCUT2D eigenvalue weighted by Gasteiger charge is -2.29. The summed E-state index contributed by atoms with van der Waals surface area (Å²) in [5, 5.41) is 23.0. The van der Waals surface area contributed by atoms with Crippen LogP contribution >= 0.6 is 0 Å². The standard InChI is InChI=1S/C21H26N2O5/c1-3-27-19-11-15(8-9-18(19)28-13-20(24)25)10-16(12-22)21(26)23-17-7-5-4-6-14(17)2/h8-11,14,17H,3-7,13H2,1-2H3,(H,23,26)(H,24,25)/p-1/b16-10+/t14-,17+/m0/s1. The summed E-state index contributed by atoms with van der Waals surface area (Å²) in [6.07, 6.45) is 5.72. The van der Waals surface area contributed by atoms with Crippen LogP contribution in [0.25, 0.3) is 6.08 Å². The molecule has 0 spiro atoms. The van der Waals surface area contributed by atoms with E-state index in [4.69, 9.17) is 9.47 Å². The van der Waals surface area contributed by atoms with Crippen molar-refractivity contribution in [3.8, 4) is 17.6 Å². The van der Waals surface area contributed by atoms with Crippen LogP contribution in [0, 0.1) is 17.2 Å². The molecule has 0 bridgehead atoms. The maximum absolute atomic E-state index is 12.5. The van der Waals surface area contributed by atoms with Crippen LogP contribution in [0.3, 0.4) is 0 Å². The molecule has 1 saturated carbocycles. The molecule has 150 valence electrons. The van der Waals surface area contributed by atoms with E-state index in [1.54, 1.807) is 19.1 Å². The molecule has 0 saturated heterocycles. The topological polar surface area (TPSA) is 111 Å². The Balaban J connectivity index is 2.17. The first-order chi connectivity index (χ1) is 13.4. The molecule has 1 amide bonds. The molecule has 7 nitrogen and oxygen atoms in total. The van der Waals surface area contributed by atoms with Crippen LogP contribution in [0.4, 0.5) is 0 Å². The number of amides is 1. The molecule has 1 aromatic rings. The SMILES string of the molecule is CCOc1cc(/C=C(\C#N)C(=O)N[C@@H]2CCCC[C@@H]2C)ccc1OCC(=O)[O-]. The summed E-state index contributed by atoms with van der Waals surface area (Å²) >= 11 is 0. The first kappa shape index (κ1) is 21.3. The number of carboxylic acid groups (broad SMARTS) is 1. The smallest absolute Gasteiger partial charge is 0.262 e. The molecule has 0 aliphatic heterocycles. The highest BCUT2D eigenvalue weighted by Crippen LogP contribution is 2.29. The average molecular weight is 385 g/mol. The van der Waals surface area contributed by atoms with Gasteiger partial charge in [0.1, 0.15) is 18.2 Å². The number of nitriles is 1. The van der Waals surface area contributed by atoms with Gasteiger partial charge in [0, 0.05) is 6.04 Å². The van der Waals surface area contributed by atoms with Crippen molar-refractivity contribution < 1.29 is 24.2 Å². The van der Waals surface area contributed by atoms with E-state index in [1.165, 1.54) is 18.6 Å². The molecule has 1 N–H and O–H groups in total. The Hall–Kier alpha value is -3.01. The van der Waals surface area contributed by atoms with Crippen LogP contribution in [-0.4, -0.2) is 31.1 Å². The van der Waals surface area contributed by atoms with Crippen LogP contribution in [0.15, 0.2) is 23.8 Å². The van der Waals surface area contributed by atoms with E-state index in [0.717, 1.165) is 19.3 Å². The zero-order valence-corrected chi connectivity index (χ0v) is 16.2. The first-order valence-electron chi connectivity index (χ1n) is 9.46. The molecular formula is C21H25N2O5-. The van der Waals surface area contributed by atoms with E-state index < -0.39 is 18.5 Å². The fourth-order valence-corrected chi connectivity index (χ4v) is 3.23. The number of carboxylic acids is 1. The minimum Gasteiger partial charge on any atom is -0.546 e. The fourth-order valence-electron chi connectivity index (χ4n) is 3.23. The van der Waals surface area contributed by atoms with Crippen molar-refractivity contribution >= 4 is 18.0 Å². The van der Waals surface area contributed by atoms with Gasteiger partial charge >= 0.3 is 0 Å². The summed E-state index contributed by atoms with van der Waals surface area (Å²) in [6, 6.07) is 6.80. The Morgan fingerprint density at radius 1 is 1.29 bits per heavy atom. The Kier molecular flexibility index (Phi) is 7.88. The maximum atomic E-state index is 12.5. The van der Waals surface area contributed by atoms with Crippen LogP contribution in [0.5, 0.6) is 11.5 Å². The van der Waals surface area contributed by atoms with Crippen molar-refractivity contribution in [2.24, 2.45) is 5.92 Å². The second-order valence-electron chi connectivity index (χ2n) is 6.81. The Morgan fingerprint density at radius 2 is 2.04 bits per heavy atom. The van der Waals surface area contributed by atoms with Gasteiger partial charge in [0.05, 0.1) is 12.6 Å². The Morgan fingerprint density at radius 3 is 2.68 bits per heavy atom. The Bertz CT molecular complexity index is 781. The van der Waals surface area contributed by atoms with Gasteiger partial charge in [-0.2, -0.15) is 5.26 Å². The second-order valence-corrected chi connectivity index (χ2v) is 6.81. The lowest BCUT2D eigenvalue weighted by atomic mass is 9.86. The van der Waals surface area contributed by atoms with Crippen molar-refractivity contribution in [3.05, 3.63) is 29.3 Å². The summed E-state index contributed by atoms with van der Waals surface area (Å²) in [5.74, 6) is -0.760. The first-order valence-corrected chi connectivity index (χ1v) is 9.46. The summed E-state index contributed by atoms with van der Waals surface area (Å²) in [7, 11) is 0. The number of benzene rings is 1. The predicted molar refractivity (Wildman–Crippen MR) is 101 cm³/mol. The van der Waals surface area contributed by atoms with Crippen LogP contribution < -0.4 is 19.9 Å². The lowest BCUT2D eigenvalue weighted by molar-refractivity contribution is -0.307. The van der Waals surface area contributed by atoms with E-state index in [0.29, 0.717) is 23.8 Å². The third-order valence-electron chi connectivity index (χ3n) is 4.72. The number of ether oxygens (including phenoxy) is 2. The number of hydrogen-bond acceptors (Lipinski definition) is 6. The normalized spacial score (nSPS) is 19.4. The third-order valence-corrected chi connectivity index (χ3v) is 4.72. The average Bonchev–Trinajstić information content (AvgIpc) is 2.67. The fraction of sp³-hybridized carbons (Fsp3) is 0.476. The number of aliphatic carboxylic acids is 1. The van der Waals surface area contributed by atoms with Crippen LogP contribution in [-0.2, 0) is 9.59 Å². The second kappa shape index (κ2) is 10.4. The minimum atomic E-state index is -1.34. The summed E-state index contributed by atoms with van der Waals surface area (Å²) in [4.78, 5) is 23.1. The van der Waals surface area contributed by atoms with Crippen molar-refractivity contribution in [3.63, 3.8) is 0 Å². The third kappa shape index (κ3) is 6.02. The van der Waals surface area contributed by atoms with Gasteiger partial charge < -0.3 is 24.7 Å². The number of nitrogens with one attached hydrogen (secondary N) is 1. The summed E-state index contributed by atoms with van der Waals surface area (Å²) < 4.78 is 10.6. The van der Waals surface area contributed by atoms with Crippen LogP contribution in [0.2, 0.25) is 0 Å². The monoisotopic (exact) mass is 385 g/mol. The van der Waals surface area contributed by atoms with Gasteiger partial charge in [0.2, 0.25) is 0 Å². The zero-order chi connectivity index (χ0) is 20.5. The number of carbonyl (C=O) groups excluding carboxylic acids is 2. The predicted octanol–water partition coefficient (Wildman–Crippen LogP) is 1.82. The molecule has 1 fully saturated rings. The van der Waals surface area contributed by atoms with E-state index in [-0.39, 0.29) is 17.4 Å². The molecule has 0 radical (unpaired) electrons. The maximum Gasteiger partial charge on any atom is 0.262 e. The molecule has 28 heavy (non-hydrogen) atoms. The number of nitrogens with zero attached hydrogens (tertiary/aromatic N) is 1. The van der Waals surface area contributed by atoms with E-state index >= 15 is 0 Å². The molecule has 7 heteroatoms. The van der Waals surface area contributed by atoms with E-state index in [9.17, 15) is 20.0 Å². The quantitative estimate of drug-likeness (QED) is 0.540. The van der Waals surface area contributed by atoms with E-state index in [1.807, 2.05) is 6.07 Å². The molecule has 0 unspecified atom stereocenters. The number of rotatable bonds is 8. The van der Waals surface area contributed by atoms with Gasteiger partial charge in [-0.05, 0) is 49.5 Å². The van der Waals surface area contributed by atoms with Gasteiger partial charge in [-0.15, -0.1) is 0 Å². The van der Waals surface area contributed by atoms with Gasteiger partial charge in [-0.25, -0.2) is 0 Å². The van der Waals surface area contributed by atoms with E-state index in [2.05, 4.69) is 12.2 Å². The highest BCUT2D eigenvalue weighted by Gasteiger charge is 2.24. The van der Waals surface area contributed by atoms with Gasteiger partial charge in [-0.3, -0.25) is 4.79 Å². The van der Waals surface area contributed by atoms with Gasteiger partial charge in [-0.1, -0.05) is 25.8 Å². The van der Waals surface area contributed by atoms with Gasteiger partial charge in [0.25, 0.3) is 5.91 Å². The molecule has 1 aromatic carbocycles. The molecule has 0 heterocycles. The molecular weight excluding hydrogens is 360 g/mol. The Labute approximate surface area is 164 Å². The molecule has 2 atom stereocenters. The highest BCUT2D eigenvalue weighted by atomic mass is 16.5. The van der Waals surface area contributed by atoms with Crippen molar-refractivity contribution in [1.82, 2.24) is 5.32 Å². The van der Waals surface area contributed by atoms with Gasteiger partial charge in [0.15, 0.2) is 11.5 Å². The molecule has 1 aliphatic carbocycles. The molecule has 2 rings (SSSR count). The summed E-state index contributed by atoms with van der Waals surface area (Å²) in [5.41, 5.74) is 0.580. The van der Waals surface area contributed by atoms with Crippen molar-refractivity contribution in [2.45, 2.75) is 45.6 Å². The molecule has 1 aliphatic rings. The largest absolute Gasteiger partial charge is 0.546 e. The van der Waals surface area contributed by atoms with Crippen LogP contribution in [0.1, 0.15) is 45.1 Å². The van der Waals surface area contributed by atoms with Crippen molar-refractivity contribution in [2.75, 3.05) is 13.2 Å². The lowest BCUT2D eigenvalue weighted by Crippen LogP contribution is -2.41.